The predicted octanol–water partition coefficient (Wildman–Crippen LogP) is 2.12. The minimum Gasteiger partial charge on any atom is -0.487 e. The van der Waals surface area contributed by atoms with Gasteiger partial charge in [-0.15, -0.1) is 0 Å². The molecule has 0 bridgehead atoms. The zero-order valence-corrected chi connectivity index (χ0v) is 12.7. The molecule has 1 amide bonds. The molecule has 1 heterocycles. The van der Waals surface area contributed by atoms with E-state index in [0.29, 0.717) is 5.69 Å². The Bertz CT molecular complexity index is 701. The van der Waals surface area contributed by atoms with Gasteiger partial charge >= 0.3 is 6.18 Å². The highest BCUT2D eigenvalue weighted by molar-refractivity contribution is 5.92. The normalized spacial score (nSPS) is 12.7. The van der Waals surface area contributed by atoms with E-state index in [0.717, 1.165) is 12.1 Å². The number of aliphatic hydroxyl groups excluding tert-OH is 1. The summed E-state index contributed by atoms with van der Waals surface area (Å²) in [5.41, 5.74) is -0.283. The molecule has 2 aromatic rings. The maximum absolute atomic E-state index is 12.6. The minimum absolute atomic E-state index is 0.0549. The van der Waals surface area contributed by atoms with E-state index in [2.05, 4.69) is 15.5 Å². The van der Waals surface area contributed by atoms with Crippen molar-refractivity contribution in [3.8, 4) is 5.75 Å². The third kappa shape index (κ3) is 4.72. The molecule has 0 aliphatic rings. The fourth-order valence-electron chi connectivity index (χ4n) is 1.82. The quantitative estimate of drug-likeness (QED) is 0.750. The molecule has 1 aromatic carbocycles. The molecule has 1 aromatic heterocycles. The van der Waals surface area contributed by atoms with E-state index in [9.17, 15) is 18.0 Å². The van der Waals surface area contributed by atoms with E-state index < -0.39 is 23.7 Å². The number of benzene rings is 1. The van der Waals surface area contributed by atoms with E-state index in [1.807, 2.05) is 0 Å². The van der Waals surface area contributed by atoms with Crippen LogP contribution in [0.3, 0.4) is 0 Å². The van der Waals surface area contributed by atoms with Crippen molar-refractivity contribution < 1.29 is 27.8 Å². The molecule has 0 spiro atoms. The maximum Gasteiger partial charge on any atom is 0.416 e. The third-order valence-corrected chi connectivity index (χ3v) is 3.07. The molecule has 0 aliphatic carbocycles. The molecule has 130 valence electrons. The number of ether oxygens (including phenoxy) is 1. The number of amides is 1. The van der Waals surface area contributed by atoms with Crippen molar-refractivity contribution in [2.75, 3.05) is 6.61 Å². The van der Waals surface area contributed by atoms with Gasteiger partial charge in [-0.3, -0.25) is 9.89 Å². The molecular weight excluding hydrogens is 327 g/mol. The Morgan fingerprint density at radius 2 is 2.17 bits per heavy atom. The number of carbonyl (C=O) groups is 1. The van der Waals surface area contributed by atoms with E-state index in [1.54, 1.807) is 6.92 Å². The zero-order chi connectivity index (χ0) is 17.7. The predicted molar refractivity (Wildman–Crippen MR) is 78.4 cm³/mol. The van der Waals surface area contributed by atoms with Gasteiger partial charge < -0.3 is 15.2 Å². The van der Waals surface area contributed by atoms with Crippen LogP contribution in [-0.4, -0.2) is 33.9 Å². The molecule has 0 unspecified atom stereocenters. The van der Waals surface area contributed by atoms with Crippen LogP contribution in [0.4, 0.5) is 13.2 Å². The van der Waals surface area contributed by atoms with Crippen molar-refractivity contribution >= 4 is 5.91 Å². The standard InChI is InChI=1S/C15H16F3N3O3/c1-9(7-22)19-14(23)13-6-11(20-21-13)8-24-12-4-2-3-10(5-12)15(16,17)18/h2-6,9,22H,7-8H2,1H3,(H,19,23)(H,20,21)/t9-/m1/s1. The van der Waals surface area contributed by atoms with Crippen LogP contribution < -0.4 is 10.1 Å². The van der Waals surface area contributed by atoms with Crippen LogP contribution in [0.15, 0.2) is 30.3 Å². The van der Waals surface area contributed by atoms with Gasteiger partial charge in [0.15, 0.2) is 0 Å². The number of alkyl halides is 3. The third-order valence-electron chi connectivity index (χ3n) is 3.07. The van der Waals surface area contributed by atoms with Crippen molar-refractivity contribution in [3.05, 3.63) is 47.3 Å². The first-order valence-corrected chi connectivity index (χ1v) is 7.05. The Hall–Kier alpha value is -2.55. The van der Waals surface area contributed by atoms with Crippen LogP contribution in [0.2, 0.25) is 0 Å². The van der Waals surface area contributed by atoms with Gasteiger partial charge in [0, 0.05) is 6.04 Å². The second kappa shape index (κ2) is 7.35. The summed E-state index contributed by atoms with van der Waals surface area (Å²) in [5.74, 6) is -0.419. The van der Waals surface area contributed by atoms with Gasteiger partial charge in [-0.1, -0.05) is 6.07 Å². The number of aromatic amines is 1. The topological polar surface area (TPSA) is 87.2 Å². The van der Waals surface area contributed by atoms with E-state index >= 15 is 0 Å². The smallest absolute Gasteiger partial charge is 0.416 e. The first kappa shape index (κ1) is 17.8. The van der Waals surface area contributed by atoms with Crippen molar-refractivity contribution in [2.45, 2.75) is 25.7 Å². The van der Waals surface area contributed by atoms with Crippen molar-refractivity contribution in [3.63, 3.8) is 0 Å². The number of nitrogens with zero attached hydrogens (tertiary/aromatic N) is 1. The van der Waals surface area contributed by atoms with E-state index in [4.69, 9.17) is 9.84 Å². The summed E-state index contributed by atoms with van der Waals surface area (Å²) in [6.07, 6.45) is -4.44. The molecule has 0 saturated carbocycles. The highest BCUT2D eigenvalue weighted by Gasteiger charge is 2.30. The summed E-state index contributed by atoms with van der Waals surface area (Å²) in [4.78, 5) is 11.8. The minimum atomic E-state index is -4.44. The van der Waals surface area contributed by atoms with Crippen LogP contribution in [0.1, 0.15) is 28.7 Å². The molecule has 0 fully saturated rings. The van der Waals surface area contributed by atoms with E-state index in [1.165, 1.54) is 18.2 Å². The Morgan fingerprint density at radius 3 is 2.83 bits per heavy atom. The Balaban J connectivity index is 1.97. The summed E-state index contributed by atoms with van der Waals surface area (Å²) < 4.78 is 43.1. The van der Waals surface area contributed by atoms with Gasteiger partial charge in [-0.05, 0) is 31.2 Å². The lowest BCUT2D eigenvalue weighted by Crippen LogP contribution is -2.35. The SMILES string of the molecule is C[C@H](CO)NC(=O)c1cc(COc2cccc(C(F)(F)F)c2)[nH]n1. The summed E-state index contributed by atoms with van der Waals surface area (Å²) in [6.45, 7) is 1.35. The highest BCUT2D eigenvalue weighted by Crippen LogP contribution is 2.31. The van der Waals surface area contributed by atoms with Crippen molar-refractivity contribution in [2.24, 2.45) is 0 Å². The van der Waals surface area contributed by atoms with Crippen LogP contribution in [-0.2, 0) is 12.8 Å². The monoisotopic (exact) mass is 343 g/mol. The fraction of sp³-hybridized carbons (Fsp3) is 0.333. The van der Waals surface area contributed by atoms with Crippen LogP contribution in [0.5, 0.6) is 5.75 Å². The number of halogens is 3. The molecule has 3 N–H and O–H groups in total. The van der Waals surface area contributed by atoms with E-state index in [-0.39, 0.29) is 24.7 Å². The average molecular weight is 343 g/mol. The van der Waals surface area contributed by atoms with Crippen molar-refractivity contribution in [1.82, 2.24) is 15.5 Å². The van der Waals surface area contributed by atoms with Crippen LogP contribution in [0, 0.1) is 0 Å². The number of rotatable bonds is 6. The summed E-state index contributed by atoms with van der Waals surface area (Å²) in [6, 6.07) is 5.51. The molecule has 0 saturated heterocycles. The van der Waals surface area contributed by atoms with Gasteiger partial charge in [-0.25, -0.2) is 0 Å². The molecule has 9 heteroatoms. The average Bonchev–Trinajstić information content (AvgIpc) is 3.01. The lowest BCUT2D eigenvalue weighted by atomic mass is 10.2. The second-order valence-corrected chi connectivity index (χ2v) is 5.15. The fourth-order valence-corrected chi connectivity index (χ4v) is 1.82. The largest absolute Gasteiger partial charge is 0.487 e. The number of carbonyl (C=O) groups excluding carboxylic acids is 1. The number of nitrogens with one attached hydrogen (secondary N) is 2. The molecule has 0 radical (unpaired) electrons. The number of hydrogen-bond donors (Lipinski definition) is 3. The maximum atomic E-state index is 12.6. The molecule has 6 nitrogen and oxygen atoms in total. The lowest BCUT2D eigenvalue weighted by Gasteiger charge is -2.09. The summed E-state index contributed by atoms with van der Waals surface area (Å²) >= 11 is 0. The second-order valence-electron chi connectivity index (χ2n) is 5.15. The Kier molecular flexibility index (Phi) is 5.45. The first-order chi connectivity index (χ1) is 11.3. The number of H-pyrrole nitrogens is 1. The van der Waals surface area contributed by atoms with Gasteiger partial charge in [0.05, 0.1) is 17.9 Å². The molecule has 24 heavy (non-hydrogen) atoms. The number of hydrogen-bond acceptors (Lipinski definition) is 4. The molecule has 1 atom stereocenters. The molecule has 0 aliphatic heterocycles. The number of aliphatic hydroxyl groups is 1. The van der Waals surface area contributed by atoms with Crippen LogP contribution in [0.25, 0.3) is 0 Å². The Labute approximate surface area is 135 Å². The van der Waals surface area contributed by atoms with Gasteiger partial charge in [-0.2, -0.15) is 18.3 Å². The summed E-state index contributed by atoms with van der Waals surface area (Å²) in [5, 5.41) is 17.8. The van der Waals surface area contributed by atoms with Gasteiger partial charge in [0.1, 0.15) is 18.1 Å². The van der Waals surface area contributed by atoms with Gasteiger partial charge in [0.2, 0.25) is 0 Å². The lowest BCUT2D eigenvalue weighted by molar-refractivity contribution is -0.137. The highest BCUT2D eigenvalue weighted by atomic mass is 19.4. The number of aromatic nitrogens is 2. The van der Waals surface area contributed by atoms with Crippen molar-refractivity contribution in [1.29, 1.82) is 0 Å². The molecular formula is C15H16F3N3O3. The summed E-state index contributed by atoms with van der Waals surface area (Å²) in [7, 11) is 0. The molecule has 2 rings (SSSR count). The van der Waals surface area contributed by atoms with Gasteiger partial charge in [0.25, 0.3) is 5.91 Å². The zero-order valence-electron chi connectivity index (χ0n) is 12.7. The Morgan fingerprint density at radius 1 is 1.42 bits per heavy atom. The first-order valence-electron chi connectivity index (χ1n) is 7.05. The van der Waals surface area contributed by atoms with Crippen LogP contribution >= 0.6 is 0 Å².